The lowest BCUT2D eigenvalue weighted by atomic mass is 10.0. The zero-order valence-electron chi connectivity index (χ0n) is 9.67. The third kappa shape index (κ3) is 2.29. The Morgan fingerprint density at radius 3 is 2.59 bits per heavy atom. The van der Waals surface area contributed by atoms with Crippen molar-refractivity contribution in [1.29, 1.82) is 0 Å². The molecule has 1 aromatic rings. The van der Waals surface area contributed by atoms with E-state index in [1.54, 1.807) is 0 Å². The number of fused-ring (bicyclic) bond motifs is 1. The van der Waals surface area contributed by atoms with Gasteiger partial charge in [-0.05, 0) is 37.1 Å². The third-order valence-corrected chi connectivity index (χ3v) is 3.99. The van der Waals surface area contributed by atoms with Crippen molar-refractivity contribution in [3.63, 3.8) is 0 Å². The van der Waals surface area contributed by atoms with E-state index >= 15 is 0 Å². The molecule has 1 fully saturated rings. The first-order chi connectivity index (χ1) is 8.34. The van der Waals surface area contributed by atoms with Crippen LogP contribution in [0.5, 0.6) is 11.5 Å². The van der Waals surface area contributed by atoms with Crippen LogP contribution >= 0.6 is 15.9 Å². The van der Waals surface area contributed by atoms with Gasteiger partial charge in [0.25, 0.3) is 0 Å². The fourth-order valence-electron chi connectivity index (χ4n) is 2.42. The van der Waals surface area contributed by atoms with Crippen LogP contribution in [0.4, 0.5) is 0 Å². The van der Waals surface area contributed by atoms with Crippen LogP contribution in [0.25, 0.3) is 0 Å². The predicted octanol–water partition coefficient (Wildman–Crippen LogP) is 3.03. The van der Waals surface area contributed by atoms with E-state index < -0.39 is 0 Å². The fourth-order valence-corrected chi connectivity index (χ4v) is 3.02. The molecule has 0 saturated carbocycles. The van der Waals surface area contributed by atoms with Gasteiger partial charge in [-0.15, -0.1) is 0 Å². The minimum Gasteiger partial charge on any atom is -0.490 e. The minimum atomic E-state index is 0.446. The first-order valence-corrected chi connectivity index (χ1v) is 6.96. The zero-order chi connectivity index (χ0) is 11.7. The number of ether oxygens (including phenoxy) is 2. The van der Waals surface area contributed by atoms with E-state index in [9.17, 15) is 0 Å². The molecule has 0 bridgehead atoms. The largest absolute Gasteiger partial charge is 0.490 e. The minimum absolute atomic E-state index is 0.446. The van der Waals surface area contributed by atoms with Crippen molar-refractivity contribution >= 4 is 15.9 Å². The number of hydrogen-bond acceptors (Lipinski definition) is 3. The maximum absolute atomic E-state index is 5.73. The smallest absolute Gasteiger partial charge is 0.162 e. The maximum Gasteiger partial charge on any atom is 0.162 e. The number of benzene rings is 1. The molecule has 17 heavy (non-hydrogen) atoms. The molecule has 3 rings (SSSR count). The van der Waals surface area contributed by atoms with Gasteiger partial charge >= 0.3 is 0 Å². The molecule has 4 heteroatoms. The molecule has 1 atom stereocenters. The lowest BCUT2D eigenvalue weighted by molar-refractivity contribution is 0.297. The summed E-state index contributed by atoms with van der Waals surface area (Å²) in [5.74, 6) is 1.74. The molecule has 3 nitrogen and oxygen atoms in total. The molecule has 2 heterocycles. The molecule has 2 aliphatic rings. The summed E-state index contributed by atoms with van der Waals surface area (Å²) in [6.45, 7) is 2.58. The molecule has 0 spiro atoms. The Balaban J connectivity index is 1.96. The topological polar surface area (TPSA) is 30.5 Å². The SMILES string of the molecule is Brc1cc2c(cc1C1CCCN1)OCCCO2. The van der Waals surface area contributed by atoms with E-state index in [1.165, 1.54) is 18.4 Å². The van der Waals surface area contributed by atoms with E-state index in [0.717, 1.165) is 42.2 Å². The van der Waals surface area contributed by atoms with Crippen molar-refractivity contribution < 1.29 is 9.47 Å². The average Bonchev–Trinajstić information content (AvgIpc) is 2.75. The first kappa shape index (κ1) is 11.4. The highest BCUT2D eigenvalue weighted by molar-refractivity contribution is 9.10. The fraction of sp³-hybridized carbons (Fsp3) is 0.538. The van der Waals surface area contributed by atoms with Crippen LogP contribution in [0.2, 0.25) is 0 Å². The highest BCUT2D eigenvalue weighted by Gasteiger charge is 2.22. The summed E-state index contributed by atoms with van der Waals surface area (Å²) in [5.41, 5.74) is 1.28. The summed E-state index contributed by atoms with van der Waals surface area (Å²) < 4.78 is 12.5. The monoisotopic (exact) mass is 297 g/mol. The molecule has 0 radical (unpaired) electrons. The van der Waals surface area contributed by atoms with Crippen LogP contribution in [-0.4, -0.2) is 19.8 Å². The first-order valence-electron chi connectivity index (χ1n) is 6.17. The van der Waals surface area contributed by atoms with Gasteiger partial charge in [-0.2, -0.15) is 0 Å². The molecule has 0 aromatic heterocycles. The highest BCUT2D eigenvalue weighted by atomic mass is 79.9. The molecule has 92 valence electrons. The Labute approximate surface area is 110 Å². The van der Waals surface area contributed by atoms with Gasteiger partial charge in [-0.3, -0.25) is 0 Å². The van der Waals surface area contributed by atoms with Crippen molar-refractivity contribution in [3.05, 3.63) is 22.2 Å². The molecule has 1 aromatic carbocycles. The quantitative estimate of drug-likeness (QED) is 0.864. The molecule has 2 aliphatic heterocycles. The van der Waals surface area contributed by atoms with Gasteiger partial charge < -0.3 is 14.8 Å². The number of halogens is 1. The maximum atomic E-state index is 5.73. The number of nitrogens with one attached hydrogen (secondary N) is 1. The average molecular weight is 298 g/mol. The highest BCUT2D eigenvalue weighted by Crippen LogP contribution is 2.39. The van der Waals surface area contributed by atoms with Crippen molar-refractivity contribution in [2.75, 3.05) is 19.8 Å². The standard InChI is InChI=1S/C13H16BrNO2/c14-10-8-13-12(16-5-2-6-17-13)7-9(10)11-3-1-4-15-11/h7-8,11,15H,1-6H2. The number of rotatable bonds is 1. The van der Waals surface area contributed by atoms with Gasteiger partial charge in [-0.1, -0.05) is 15.9 Å². The van der Waals surface area contributed by atoms with Crippen LogP contribution in [0.1, 0.15) is 30.9 Å². The molecule has 0 aliphatic carbocycles. The second kappa shape index (κ2) is 4.86. The summed E-state index contributed by atoms with van der Waals surface area (Å²) in [4.78, 5) is 0. The Morgan fingerprint density at radius 2 is 1.88 bits per heavy atom. The van der Waals surface area contributed by atoms with E-state index in [-0.39, 0.29) is 0 Å². The molecular weight excluding hydrogens is 282 g/mol. The van der Waals surface area contributed by atoms with Crippen LogP contribution in [0.3, 0.4) is 0 Å². The Bertz CT molecular complexity index is 416. The predicted molar refractivity (Wildman–Crippen MR) is 69.7 cm³/mol. The van der Waals surface area contributed by atoms with Crippen LogP contribution in [0.15, 0.2) is 16.6 Å². The summed E-state index contributed by atoms with van der Waals surface area (Å²) in [6, 6.07) is 4.60. The van der Waals surface area contributed by atoms with Gasteiger partial charge in [0.1, 0.15) is 0 Å². The van der Waals surface area contributed by atoms with E-state index in [0.29, 0.717) is 6.04 Å². The van der Waals surface area contributed by atoms with Gasteiger partial charge in [0.15, 0.2) is 11.5 Å². The number of hydrogen-bond donors (Lipinski definition) is 1. The van der Waals surface area contributed by atoms with Gasteiger partial charge in [0.05, 0.1) is 13.2 Å². The summed E-state index contributed by atoms with van der Waals surface area (Å²) >= 11 is 3.64. The van der Waals surface area contributed by atoms with Crippen molar-refractivity contribution in [1.82, 2.24) is 5.32 Å². The lowest BCUT2D eigenvalue weighted by Crippen LogP contribution is -2.13. The van der Waals surface area contributed by atoms with Crippen LogP contribution in [0, 0.1) is 0 Å². The van der Waals surface area contributed by atoms with E-state index in [4.69, 9.17) is 9.47 Å². The Kier molecular flexibility index (Phi) is 3.25. The molecular formula is C13H16BrNO2. The molecule has 0 amide bonds. The summed E-state index contributed by atoms with van der Waals surface area (Å²) in [5, 5.41) is 3.51. The molecule has 1 N–H and O–H groups in total. The van der Waals surface area contributed by atoms with Gasteiger partial charge in [-0.25, -0.2) is 0 Å². The second-order valence-corrected chi connectivity index (χ2v) is 5.37. The van der Waals surface area contributed by atoms with Crippen LogP contribution in [-0.2, 0) is 0 Å². The lowest BCUT2D eigenvalue weighted by Gasteiger charge is -2.16. The van der Waals surface area contributed by atoms with Gasteiger partial charge in [0.2, 0.25) is 0 Å². The summed E-state index contributed by atoms with van der Waals surface area (Å²) in [6.07, 6.45) is 3.38. The van der Waals surface area contributed by atoms with Crippen molar-refractivity contribution in [2.24, 2.45) is 0 Å². The van der Waals surface area contributed by atoms with E-state index in [1.807, 2.05) is 6.07 Å². The third-order valence-electron chi connectivity index (χ3n) is 3.30. The van der Waals surface area contributed by atoms with Crippen molar-refractivity contribution in [2.45, 2.75) is 25.3 Å². The van der Waals surface area contributed by atoms with Crippen molar-refractivity contribution in [3.8, 4) is 11.5 Å². The summed E-state index contributed by atoms with van der Waals surface area (Å²) in [7, 11) is 0. The van der Waals surface area contributed by atoms with E-state index in [2.05, 4.69) is 27.3 Å². The normalized spacial score (nSPS) is 23.5. The van der Waals surface area contributed by atoms with Crippen LogP contribution < -0.4 is 14.8 Å². The van der Waals surface area contributed by atoms with Gasteiger partial charge in [0, 0.05) is 16.9 Å². The Morgan fingerprint density at radius 1 is 1.12 bits per heavy atom. The second-order valence-electron chi connectivity index (χ2n) is 4.52. The molecule has 1 saturated heterocycles. The molecule has 1 unspecified atom stereocenters. The Hall–Kier alpha value is -0.740. The zero-order valence-corrected chi connectivity index (χ0v) is 11.3.